The van der Waals surface area contributed by atoms with Gasteiger partial charge in [0.15, 0.2) is 6.29 Å². The van der Waals surface area contributed by atoms with Gasteiger partial charge in [0.1, 0.15) is 0 Å². The van der Waals surface area contributed by atoms with Crippen molar-refractivity contribution in [2.75, 3.05) is 13.3 Å². The number of rotatable bonds is 5. The molecule has 17 heavy (non-hydrogen) atoms. The van der Waals surface area contributed by atoms with Crippen LogP contribution >= 0.6 is 24.7 Å². The molecule has 0 bridgehead atoms. The Kier molecular flexibility index (Phi) is 5.54. The van der Waals surface area contributed by atoms with Crippen molar-refractivity contribution in [3.05, 3.63) is 34.9 Å². The average molecular weight is 271 g/mol. The van der Waals surface area contributed by atoms with Gasteiger partial charge in [-0.05, 0) is 17.9 Å². The van der Waals surface area contributed by atoms with Gasteiger partial charge in [-0.15, -0.1) is 0 Å². The minimum Gasteiger partial charge on any atom is -0.298 e. The third-order valence-electron chi connectivity index (χ3n) is 2.19. The molecular formula is C11H13NO3S2. The number of carbonyl (C=O) groups is 2. The molecule has 0 aromatic heterocycles. The number of hydrogen-bond acceptors (Lipinski definition) is 5. The van der Waals surface area contributed by atoms with Crippen molar-refractivity contribution in [3.8, 4) is 0 Å². The Hall–Kier alpha value is -0.980. The zero-order chi connectivity index (χ0) is 12.8. The molecule has 0 N–H and O–H groups in total. The summed E-state index contributed by atoms with van der Waals surface area (Å²) in [6, 6.07) is 5.17. The van der Waals surface area contributed by atoms with Gasteiger partial charge in [-0.25, -0.2) is 9.35 Å². The standard InChI is InChI=1S/C11H13NO3S2/c1-12(15-16)11(14)10-5-8(7-17-2)3-4-9(10)6-13/h3-6,16H,7H2,1-2H3. The summed E-state index contributed by atoms with van der Waals surface area (Å²) in [6.07, 6.45) is 2.63. The summed E-state index contributed by atoms with van der Waals surface area (Å²) in [5.41, 5.74) is 1.65. The molecule has 0 saturated heterocycles. The third-order valence-corrected chi connectivity index (χ3v) is 3.06. The first kappa shape index (κ1) is 14.1. The van der Waals surface area contributed by atoms with Crippen LogP contribution in [0.5, 0.6) is 0 Å². The molecule has 0 heterocycles. The van der Waals surface area contributed by atoms with Gasteiger partial charge in [0.2, 0.25) is 0 Å². The highest BCUT2D eigenvalue weighted by molar-refractivity contribution is 7.97. The summed E-state index contributed by atoms with van der Waals surface area (Å²) in [7, 11) is 1.44. The molecule has 0 fully saturated rings. The Labute approximate surface area is 110 Å². The summed E-state index contributed by atoms with van der Waals surface area (Å²) in [5, 5.41) is 0.967. The van der Waals surface area contributed by atoms with E-state index in [-0.39, 0.29) is 0 Å². The third kappa shape index (κ3) is 3.49. The molecule has 1 amide bonds. The van der Waals surface area contributed by atoms with Crippen LogP contribution in [0.4, 0.5) is 0 Å². The molecule has 0 saturated carbocycles. The summed E-state index contributed by atoms with van der Waals surface area (Å²) in [6.45, 7) is 0. The fraction of sp³-hybridized carbons (Fsp3) is 0.273. The van der Waals surface area contributed by atoms with Crippen LogP contribution in [0, 0.1) is 0 Å². The van der Waals surface area contributed by atoms with Gasteiger partial charge in [0.05, 0.1) is 5.56 Å². The van der Waals surface area contributed by atoms with Crippen LogP contribution in [-0.2, 0) is 10.0 Å². The summed E-state index contributed by atoms with van der Waals surface area (Å²) < 4.78 is 4.52. The van der Waals surface area contributed by atoms with Crippen molar-refractivity contribution in [3.63, 3.8) is 0 Å². The Balaban J connectivity index is 3.13. The van der Waals surface area contributed by atoms with Crippen molar-refractivity contribution in [2.24, 2.45) is 0 Å². The number of thioether (sulfide) groups is 1. The van der Waals surface area contributed by atoms with E-state index in [1.165, 1.54) is 7.05 Å². The fourth-order valence-corrected chi connectivity index (χ4v) is 1.94. The molecule has 1 aromatic rings. The monoisotopic (exact) mass is 271 g/mol. The highest BCUT2D eigenvalue weighted by Gasteiger charge is 2.16. The zero-order valence-corrected chi connectivity index (χ0v) is 11.3. The maximum atomic E-state index is 11.9. The molecule has 0 atom stereocenters. The van der Waals surface area contributed by atoms with E-state index in [1.54, 1.807) is 23.9 Å². The van der Waals surface area contributed by atoms with Crippen LogP contribution in [-0.4, -0.2) is 30.6 Å². The van der Waals surface area contributed by atoms with E-state index in [4.69, 9.17) is 0 Å². The summed E-state index contributed by atoms with van der Waals surface area (Å²) in [5.74, 6) is 0.385. The Bertz CT molecular complexity index is 423. The van der Waals surface area contributed by atoms with Gasteiger partial charge >= 0.3 is 0 Å². The van der Waals surface area contributed by atoms with Gasteiger partial charge in [-0.1, -0.05) is 12.1 Å². The van der Waals surface area contributed by atoms with Crippen molar-refractivity contribution in [2.45, 2.75) is 5.75 Å². The lowest BCUT2D eigenvalue weighted by Gasteiger charge is -2.14. The molecule has 4 nitrogen and oxygen atoms in total. The second-order valence-corrected chi connectivity index (χ2v) is 4.39. The first-order chi connectivity index (χ1) is 8.13. The van der Waals surface area contributed by atoms with Gasteiger partial charge in [-0.3, -0.25) is 9.59 Å². The number of aldehydes is 1. The minimum absolute atomic E-state index is 0.322. The summed E-state index contributed by atoms with van der Waals surface area (Å²) >= 11 is 5.19. The molecule has 0 unspecified atom stereocenters. The number of hydrogen-bond donors (Lipinski definition) is 1. The quantitative estimate of drug-likeness (QED) is 0.386. The molecule has 0 aliphatic heterocycles. The highest BCUT2D eigenvalue weighted by Crippen LogP contribution is 2.16. The molecule has 0 aliphatic rings. The van der Waals surface area contributed by atoms with E-state index in [0.717, 1.165) is 16.4 Å². The van der Waals surface area contributed by atoms with Crippen LogP contribution in [0.2, 0.25) is 0 Å². The molecule has 1 aromatic carbocycles. The molecular weight excluding hydrogens is 258 g/mol. The second kappa shape index (κ2) is 6.68. The molecule has 0 aliphatic carbocycles. The van der Waals surface area contributed by atoms with Crippen molar-refractivity contribution in [1.29, 1.82) is 0 Å². The number of thiol groups is 1. The molecule has 1 rings (SSSR count). The Morgan fingerprint density at radius 2 is 2.29 bits per heavy atom. The smallest absolute Gasteiger partial charge is 0.278 e. The van der Waals surface area contributed by atoms with Crippen molar-refractivity contribution in [1.82, 2.24) is 5.06 Å². The predicted octanol–water partition coefficient (Wildman–Crippen LogP) is 2.21. The van der Waals surface area contributed by atoms with Crippen LogP contribution in [0.3, 0.4) is 0 Å². The first-order valence-electron chi connectivity index (χ1n) is 4.80. The van der Waals surface area contributed by atoms with E-state index in [0.29, 0.717) is 17.4 Å². The average Bonchev–Trinajstić information content (AvgIpc) is 2.37. The molecule has 0 radical (unpaired) electrons. The van der Waals surface area contributed by atoms with E-state index < -0.39 is 5.91 Å². The summed E-state index contributed by atoms with van der Waals surface area (Å²) in [4.78, 5) is 22.8. The predicted molar refractivity (Wildman–Crippen MR) is 71.2 cm³/mol. The van der Waals surface area contributed by atoms with E-state index in [9.17, 15) is 9.59 Å². The first-order valence-corrected chi connectivity index (χ1v) is 6.56. The number of amides is 1. The topological polar surface area (TPSA) is 46.6 Å². The lowest BCUT2D eigenvalue weighted by atomic mass is 10.0. The van der Waals surface area contributed by atoms with Gasteiger partial charge in [0.25, 0.3) is 5.91 Å². The van der Waals surface area contributed by atoms with Crippen molar-refractivity contribution >= 4 is 36.9 Å². The van der Waals surface area contributed by atoms with Crippen molar-refractivity contribution < 1.29 is 13.9 Å². The number of carbonyl (C=O) groups excluding carboxylic acids is 2. The molecule has 92 valence electrons. The van der Waals surface area contributed by atoms with E-state index >= 15 is 0 Å². The lowest BCUT2D eigenvalue weighted by Crippen LogP contribution is -2.25. The zero-order valence-electron chi connectivity index (χ0n) is 9.54. The second-order valence-electron chi connectivity index (χ2n) is 3.36. The number of benzene rings is 1. The Morgan fingerprint density at radius 1 is 1.59 bits per heavy atom. The minimum atomic E-state index is -0.398. The SMILES string of the molecule is CSCc1ccc(C=O)c(C(=O)N(C)OS)c1. The van der Waals surface area contributed by atoms with Gasteiger partial charge in [-0.2, -0.15) is 11.8 Å². The normalized spacial score (nSPS) is 10.1. The van der Waals surface area contributed by atoms with Crippen LogP contribution in [0.1, 0.15) is 26.3 Å². The highest BCUT2D eigenvalue weighted by atomic mass is 32.2. The van der Waals surface area contributed by atoms with Crippen LogP contribution in [0.15, 0.2) is 18.2 Å². The maximum absolute atomic E-state index is 11.9. The van der Waals surface area contributed by atoms with Gasteiger partial charge in [0, 0.05) is 31.3 Å². The maximum Gasteiger partial charge on any atom is 0.278 e. The van der Waals surface area contributed by atoms with Crippen LogP contribution < -0.4 is 0 Å². The van der Waals surface area contributed by atoms with E-state index in [1.807, 2.05) is 12.3 Å². The molecule has 6 heteroatoms. The van der Waals surface area contributed by atoms with Gasteiger partial charge < -0.3 is 0 Å². The van der Waals surface area contributed by atoms with E-state index in [2.05, 4.69) is 17.2 Å². The lowest BCUT2D eigenvalue weighted by molar-refractivity contribution is 0.00366. The molecule has 0 spiro atoms. The number of hydroxylamine groups is 2. The fourth-order valence-electron chi connectivity index (χ4n) is 1.35. The largest absolute Gasteiger partial charge is 0.298 e. The number of nitrogens with zero attached hydrogens (tertiary/aromatic N) is 1. The Morgan fingerprint density at radius 3 is 2.82 bits per heavy atom. The van der Waals surface area contributed by atoms with Crippen LogP contribution in [0.25, 0.3) is 0 Å².